The minimum Gasteiger partial charge on any atom is -0.330 e. The lowest BCUT2D eigenvalue weighted by molar-refractivity contribution is -0.142. The number of nitrogens with zero attached hydrogens (tertiary/aromatic N) is 5. The zero-order valence-electron chi connectivity index (χ0n) is 17.5. The van der Waals surface area contributed by atoms with E-state index < -0.39 is 0 Å². The van der Waals surface area contributed by atoms with Crippen LogP contribution in [-0.4, -0.2) is 64.3 Å². The molecule has 30 heavy (non-hydrogen) atoms. The van der Waals surface area contributed by atoms with Gasteiger partial charge in [-0.15, -0.1) is 0 Å². The first-order valence-electron chi connectivity index (χ1n) is 10.7. The van der Waals surface area contributed by atoms with Crippen LogP contribution in [0.15, 0.2) is 24.3 Å². The van der Waals surface area contributed by atoms with Gasteiger partial charge in [-0.25, -0.2) is 0 Å². The number of fused-ring (bicyclic) bond motifs is 2. The number of hydrogen-bond donors (Lipinski definition) is 0. The second-order valence-electron chi connectivity index (χ2n) is 8.74. The molecule has 0 radical (unpaired) electrons. The fraction of sp³-hybridized carbons (Fsp3) is 0.565. The summed E-state index contributed by atoms with van der Waals surface area (Å²) < 4.78 is 0. The molecule has 3 fully saturated rings. The molecule has 0 aliphatic carbocycles. The maximum atomic E-state index is 13.1. The first kappa shape index (κ1) is 20.4. The lowest BCUT2D eigenvalue weighted by atomic mass is 10.0. The molecule has 1 aromatic carbocycles. The van der Waals surface area contributed by atoms with Gasteiger partial charge in [-0.1, -0.05) is 19.1 Å². The molecule has 7 nitrogen and oxygen atoms in total. The second kappa shape index (κ2) is 8.08. The standard InChI is InChI=1S/C23H27N5O2/c1-15(22(29)27-8-4-7-19(27)12-25)13-26-14-20-10-21(26)23(30)28(20)16(2)18-6-3-5-17(9-18)11-24/h3,5-6,9,15-16,19-21H,4,7-8,10,13-14H2,1-2H3/t15-,16+,19-,20+,21+/m0/s1. The maximum Gasteiger partial charge on any atom is 0.240 e. The summed E-state index contributed by atoms with van der Waals surface area (Å²) in [4.78, 5) is 31.8. The number of piperazine rings is 1. The van der Waals surface area contributed by atoms with E-state index in [2.05, 4.69) is 17.0 Å². The Morgan fingerprint density at radius 2 is 2.10 bits per heavy atom. The molecule has 2 bridgehead atoms. The van der Waals surface area contributed by atoms with Crippen molar-refractivity contribution in [2.75, 3.05) is 19.6 Å². The van der Waals surface area contributed by atoms with Crippen LogP contribution in [0, 0.1) is 28.6 Å². The van der Waals surface area contributed by atoms with Gasteiger partial charge in [-0.2, -0.15) is 10.5 Å². The van der Waals surface area contributed by atoms with E-state index in [1.807, 2.05) is 36.9 Å². The van der Waals surface area contributed by atoms with Gasteiger partial charge in [0.05, 0.1) is 29.8 Å². The number of hydrogen-bond acceptors (Lipinski definition) is 5. The molecule has 0 spiro atoms. The zero-order chi connectivity index (χ0) is 21.4. The van der Waals surface area contributed by atoms with Crippen LogP contribution >= 0.6 is 0 Å². The second-order valence-corrected chi connectivity index (χ2v) is 8.74. The highest BCUT2D eigenvalue weighted by Gasteiger charge is 2.51. The van der Waals surface area contributed by atoms with Gasteiger partial charge < -0.3 is 9.80 Å². The molecule has 0 saturated carbocycles. The minimum atomic E-state index is -0.308. The summed E-state index contributed by atoms with van der Waals surface area (Å²) in [5.74, 6) is -0.103. The SMILES string of the molecule is C[C@H](c1cccc(C#N)c1)N1C(=O)[C@H]2C[C@@H]1CN2C[C@H](C)C(=O)N1CCC[C@H]1C#N. The lowest BCUT2D eigenvalue weighted by Gasteiger charge is -2.38. The van der Waals surface area contributed by atoms with Gasteiger partial charge in [-0.05, 0) is 43.9 Å². The van der Waals surface area contributed by atoms with E-state index in [4.69, 9.17) is 5.26 Å². The molecule has 0 unspecified atom stereocenters. The Labute approximate surface area is 177 Å². The van der Waals surface area contributed by atoms with Crippen LogP contribution in [0.25, 0.3) is 0 Å². The normalized spacial score (nSPS) is 27.7. The number of nitriles is 2. The number of benzene rings is 1. The predicted octanol–water partition coefficient (Wildman–Crippen LogP) is 2.06. The van der Waals surface area contributed by atoms with Crippen LogP contribution in [0.2, 0.25) is 0 Å². The van der Waals surface area contributed by atoms with Crippen LogP contribution in [-0.2, 0) is 9.59 Å². The Morgan fingerprint density at radius 3 is 2.80 bits per heavy atom. The number of likely N-dealkylation sites (tertiary alicyclic amines) is 3. The molecule has 4 rings (SSSR count). The third-order valence-electron chi connectivity index (χ3n) is 6.84. The highest BCUT2D eigenvalue weighted by atomic mass is 16.2. The van der Waals surface area contributed by atoms with Gasteiger partial charge in [0.2, 0.25) is 11.8 Å². The molecule has 0 N–H and O–H groups in total. The van der Waals surface area contributed by atoms with Gasteiger partial charge >= 0.3 is 0 Å². The fourth-order valence-electron chi connectivity index (χ4n) is 5.30. The van der Waals surface area contributed by atoms with Crippen molar-refractivity contribution in [2.24, 2.45) is 5.92 Å². The highest BCUT2D eigenvalue weighted by Crippen LogP contribution is 2.38. The summed E-state index contributed by atoms with van der Waals surface area (Å²) in [5.41, 5.74) is 1.57. The van der Waals surface area contributed by atoms with Crippen molar-refractivity contribution in [3.63, 3.8) is 0 Å². The molecule has 3 saturated heterocycles. The van der Waals surface area contributed by atoms with Gasteiger partial charge in [0.25, 0.3) is 0 Å². The van der Waals surface area contributed by atoms with Crippen molar-refractivity contribution >= 4 is 11.8 Å². The summed E-state index contributed by atoms with van der Waals surface area (Å²) in [6, 6.07) is 11.4. The van der Waals surface area contributed by atoms with Crippen molar-refractivity contribution in [3.8, 4) is 12.1 Å². The van der Waals surface area contributed by atoms with Crippen LogP contribution in [0.3, 0.4) is 0 Å². The van der Waals surface area contributed by atoms with Crippen LogP contribution in [0.1, 0.15) is 50.3 Å². The maximum absolute atomic E-state index is 13.1. The van der Waals surface area contributed by atoms with E-state index in [-0.39, 0.29) is 41.9 Å². The van der Waals surface area contributed by atoms with Crippen molar-refractivity contribution in [1.29, 1.82) is 10.5 Å². The Hall–Kier alpha value is -2.90. The van der Waals surface area contributed by atoms with E-state index in [1.165, 1.54) is 0 Å². The summed E-state index contributed by atoms with van der Waals surface area (Å²) in [7, 11) is 0. The van der Waals surface area contributed by atoms with Crippen molar-refractivity contribution < 1.29 is 9.59 Å². The van der Waals surface area contributed by atoms with Crippen molar-refractivity contribution in [1.82, 2.24) is 14.7 Å². The Kier molecular flexibility index (Phi) is 5.49. The first-order chi connectivity index (χ1) is 14.4. The number of rotatable bonds is 5. The summed E-state index contributed by atoms with van der Waals surface area (Å²) in [6.45, 7) is 5.88. The summed E-state index contributed by atoms with van der Waals surface area (Å²) in [6.07, 6.45) is 2.41. The smallest absolute Gasteiger partial charge is 0.240 e. The van der Waals surface area contributed by atoms with E-state index in [0.717, 1.165) is 31.4 Å². The average Bonchev–Trinajstić information content (AvgIpc) is 3.47. The van der Waals surface area contributed by atoms with Gasteiger partial charge in [-0.3, -0.25) is 14.5 Å². The van der Waals surface area contributed by atoms with E-state index in [0.29, 0.717) is 18.7 Å². The molecule has 0 aromatic heterocycles. The average molecular weight is 406 g/mol. The van der Waals surface area contributed by atoms with E-state index in [1.54, 1.807) is 11.0 Å². The zero-order valence-corrected chi connectivity index (χ0v) is 17.5. The molecule has 3 aliphatic rings. The van der Waals surface area contributed by atoms with Crippen LogP contribution < -0.4 is 0 Å². The molecule has 5 atom stereocenters. The Bertz CT molecular complexity index is 932. The fourth-order valence-corrected chi connectivity index (χ4v) is 5.30. The third-order valence-corrected chi connectivity index (χ3v) is 6.84. The number of amides is 2. The summed E-state index contributed by atoms with van der Waals surface area (Å²) >= 11 is 0. The van der Waals surface area contributed by atoms with Gasteiger partial charge in [0.15, 0.2) is 0 Å². The third kappa shape index (κ3) is 3.44. The first-order valence-corrected chi connectivity index (χ1v) is 10.7. The van der Waals surface area contributed by atoms with Crippen molar-refractivity contribution in [2.45, 2.75) is 57.3 Å². The molecular formula is C23H27N5O2. The topological polar surface area (TPSA) is 91.4 Å². The molecule has 3 heterocycles. The van der Waals surface area contributed by atoms with E-state index >= 15 is 0 Å². The Balaban J connectivity index is 1.40. The quantitative estimate of drug-likeness (QED) is 0.748. The number of carbonyl (C=O) groups is 2. The molecular weight excluding hydrogens is 378 g/mol. The molecule has 3 aliphatic heterocycles. The van der Waals surface area contributed by atoms with E-state index in [9.17, 15) is 14.9 Å². The van der Waals surface area contributed by atoms with Gasteiger partial charge in [0, 0.05) is 31.6 Å². The van der Waals surface area contributed by atoms with Crippen molar-refractivity contribution in [3.05, 3.63) is 35.4 Å². The minimum absolute atomic E-state index is 0.0211. The lowest BCUT2D eigenvalue weighted by Crippen LogP contribution is -2.53. The van der Waals surface area contributed by atoms with Crippen LogP contribution in [0.5, 0.6) is 0 Å². The molecule has 156 valence electrons. The van der Waals surface area contributed by atoms with Gasteiger partial charge in [0.1, 0.15) is 6.04 Å². The predicted molar refractivity (Wildman–Crippen MR) is 110 cm³/mol. The largest absolute Gasteiger partial charge is 0.330 e. The monoisotopic (exact) mass is 405 g/mol. The van der Waals surface area contributed by atoms with Crippen LogP contribution in [0.4, 0.5) is 0 Å². The highest BCUT2D eigenvalue weighted by molar-refractivity contribution is 5.86. The molecule has 7 heteroatoms. The number of carbonyl (C=O) groups excluding carboxylic acids is 2. The summed E-state index contributed by atoms with van der Waals surface area (Å²) in [5, 5.41) is 18.4. The molecule has 1 aromatic rings. The molecule has 2 amide bonds. The Morgan fingerprint density at radius 1 is 1.30 bits per heavy atom.